The first-order chi connectivity index (χ1) is 5.52. The first-order valence-corrected chi connectivity index (χ1v) is 4.61. The molecular formula is C8H9FO2S. The maximum absolute atomic E-state index is 12.9. The van der Waals surface area contributed by atoms with E-state index in [1.807, 2.05) is 0 Å². The summed E-state index contributed by atoms with van der Waals surface area (Å²) in [4.78, 5) is -0.229. The monoisotopic (exact) mass is 188 g/mol. The highest BCUT2D eigenvalue weighted by Crippen LogP contribution is 2.15. The van der Waals surface area contributed by atoms with Crippen molar-refractivity contribution in [3.8, 4) is 0 Å². The molecule has 1 rings (SSSR count). The molecule has 0 aromatic heterocycles. The zero-order valence-corrected chi connectivity index (χ0v) is 7.69. The van der Waals surface area contributed by atoms with Crippen molar-refractivity contribution in [2.24, 2.45) is 0 Å². The summed E-state index contributed by atoms with van der Waals surface area (Å²) in [6.45, 7) is 3.48. The van der Waals surface area contributed by atoms with Crippen molar-refractivity contribution in [3.63, 3.8) is 0 Å². The average molecular weight is 188 g/mol. The zero-order valence-electron chi connectivity index (χ0n) is 6.80. The van der Waals surface area contributed by atoms with Crippen molar-refractivity contribution >= 4 is 10.7 Å². The van der Waals surface area contributed by atoms with Gasteiger partial charge < -0.3 is 0 Å². The maximum Gasteiger partial charge on any atom is 0.171 e. The fraction of sp³-hybridized carbons (Fsp3) is 0.250. The number of benzene rings is 1. The fourth-order valence-corrected chi connectivity index (χ4v) is 1.44. The van der Waals surface area contributed by atoms with Crippen molar-refractivity contribution in [2.45, 2.75) is 18.7 Å². The van der Waals surface area contributed by atoms with Gasteiger partial charge in [-0.1, -0.05) is 0 Å². The number of hydrogen-bond acceptors (Lipinski definition) is 2. The SMILES string of the molecule is Cc1cc(F)c([SH](=O)=O)cc1C. The minimum atomic E-state index is -2.82. The number of hydrogen-bond donors (Lipinski definition) is 1. The summed E-state index contributed by atoms with van der Waals surface area (Å²) < 4.78 is 33.9. The summed E-state index contributed by atoms with van der Waals surface area (Å²) in [5.41, 5.74) is 1.54. The predicted octanol–water partition coefficient (Wildman–Crippen LogP) is 1.41. The average Bonchev–Trinajstić information content (AvgIpc) is 1.96. The molecule has 0 N–H and O–H groups in total. The van der Waals surface area contributed by atoms with E-state index >= 15 is 0 Å². The van der Waals surface area contributed by atoms with E-state index in [4.69, 9.17) is 0 Å². The number of halogens is 1. The van der Waals surface area contributed by atoms with E-state index in [-0.39, 0.29) is 4.90 Å². The Morgan fingerprint density at radius 1 is 1.17 bits per heavy atom. The Labute approximate surface area is 72.0 Å². The summed E-state index contributed by atoms with van der Waals surface area (Å²) >= 11 is 0. The van der Waals surface area contributed by atoms with E-state index in [0.717, 1.165) is 11.1 Å². The summed E-state index contributed by atoms with van der Waals surface area (Å²) in [5.74, 6) is -0.672. The van der Waals surface area contributed by atoms with Gasteiger partial charge in [0, 0.05) is 0 Å². The van der Waals surface area contributed by atoms with Gasteiger partial charge in [0.05, 0.1) is 0 Å². The Bertz CT molecular complexity index is 375. The van der Waals surface area contributed by atoms with Gasteiger partial charge in [0.1, 0.15) is 10.7 Å². The van der Waals surface area contributed by atoms with E-state index in [1.165, 1.54) is 12.1 Å². The first kappa shape index (κ1) is 9.19. The van der Waals surface area contributed by atoms with Gasteiger partial charge in [0.2, 0.25) is 0 Å². The molecule has 0 aliphatic rings. The molecule has 1 aromatic rings. The highest BCUT2D eigenvalue weighted by molar-refractivity contribution is 7.72. The van der Waals surface area contributed by atoms with Crippen molar-refractivity contribution in [1.29, 1.82) is 0 Å². The number of aryl methyl sites for hydroxylation is 2. The molecule has 0 spiro atoms. The normalized spacial score (nSPS) is 10.7. The van der Waals surface area contributed by atoms with Gasteiger partial charge >= 0.3 is 0 Å². The molecule has 0 aliphatic carbocycles. The molecule has 2 nitrogen and oxygen atoms in total. The Balaban J connectivity index is 3.43. The lowest BCUT2D eigenvalue weighted by atomic mass is 10.1. The highest BCUT2D eigenvalue weighted by Gasteiger charge is 2.06. The Hall–Kier alpha value is -0.900. The molecule has 0 fully saturated rings. The molecule has 0 bridgehead atoms. The highest BCUT2D eigenvalue weighted by atomic mass is 32.2. The molecule has 0 saturated carbocycles. The van der Waals surface area contributed by atoms with Gasteiger partial charge in [0.15, 0.2) is 10.7 Å². The molecule has 0 heterocycles. The molecule has 0 saturated heterocycles. The van der Waals surface area contributed by atoms with Gasteiger partial charge in [-0.2, -0.15) is 0 Å². The van der Waals surface area contributed by atoms with E-state index in [0.29, 0.717) is 0 Å². The topological polar surface area (TPSA) is 34.1 Å². The van der Waals surface area contributed by atoms with Crippen LogP contribution >= 0.6 is 0 Å². The van der Waals surface area contributed by atoms with Crippen LogP contribution in [-0.4, -0.2) is 8.42 Å². The van der Waals surface area contributed by atoms with Crippen LogP contribution in [0.1, 0.15) is 11.1 Å². The maximum atomic E-state index is 12.9. The lowest BCUT2D eigenvalue weighted by Crippen LogP contribution is -1.91. The molecule has 0 amide bonds. The van der Waals surface area contributed by atoms with Crippen molar-refractivity contribution in [2.75, 3.05) is 0 Å². The third-order valence-corrected chi connectivity index (χ3v) is 2.50. The van der Waals surface area contributed by atoms with E-state index < -0.39 is 16.5 Å². The van der Waals surface area contributed by atoms with Gasteiger partial charge in [-0.25, -0.2) is 12.8 Å². The molecule has 66 valence electrons. The number of rotatable bonds is 1. The van der Waals surface area contributed by atoms with Gasteiger partial charge in [0.25, 0.3) is 0 Å². The van der Waals surface area contributed by atoms with Gasteiger partial charge in [-0.3, -0.25) is 0 Å². The third-order valence-electron chi connectivity index (χ3n) is 1.76. The van der Waals surface area contributed by atoms with Gasteiger partial charge in [-0.15, -0.1) is 0 Å². The van der Waals surface area contributed by atoms with Crippen LogP contribution < -0.4 is 0 Å². The largest absolute Gasteiger partial charge is 0.227 e. The van der Waals surface area contributed by atoms with Crippen LogP contribution in [0.5, 0.6) is 0 Å². The van der Waals surface area contributed by atoms with Crippen LogP contribution in [0.15, 0.2) is 17.0 Å². The molecule has 0 radical (unpaired) electrons. The van der Waals surface area contributed by atoms with E-state index in [2.05, 4.69) is 0 Å². The fourth-order valence-electron chi connectivity index (χ4n) is 0.906. The van der Waals surface area contributed by atoms with Crippen LogP contribution in [0.4, 0.5) is 4.39 Å². The van der Waals surface area contributed by atoms with Crippen molar-refractivity contribution in [3.05, 3.63) is 29.1 Å². The lowest BCUT2D eigenvalue weighted by molar-refractivity contribution is 0.577. The Kier molecular flexibility index (Phi) is 2.47. The predicted molar refractivity (Wildman–Crippen MR) is 44.5 cm³/mol. The molecule has 1 aromatic carbocycles. The summed E-state index contributed by atoms with van der Waals surface area (Å²) in [6.07, 6.45) is 0. The van der Waals surface area contributed by atoms with Crippen LogP contribution in [-0.2, 0) is 10.7 Å². The zero-order chi connectivity index (χ0) is 9.30. The minimum Gasteiger partial charge on any atom is -0.227 e. The summed E-state index contributed by atoms with van der Waals surface area (Å²) in [6, 6.07) is 2.58. The molecule has 12 heavy (non-hydrogen) atoms. The molecule has 0 unspecified atom stereocenters. The first-order valence-electron chi connectivity index (χ1n) is 3.43. The minimum absolute atomic E-state index is 0.229. The lowest BCUT2D eigenvalue weighted by Gasteiger charge is -2.00. The standard InChI is InChI=1S/C8H9FO2S/c1-5-3-7(9)8(12(10)11)4-6(5)2/h3-4,12H,1-2H3. The van der Waals surface area contributed by atoms with Crippen molar-refractivity contribution in [1.82, 2.24) is 0 Å². The second-order valence-electron chi connectivity index (χ2n) is 2.64. The smallest absolute Gasteiger partial charge is 0.171 e. The van der Waals surface area contributed by atoms with Gasteiger partial charge in [-0.05, 0) is 37.1 Å². The number of thiol groups is 1. The summed E-state index contributed by atoms with van der Waals surface area (Å²) in [5, 5.41) is 0. The van der Waals surface area contributed by atoms with Crippen LogP contribution in [0.25, 0.3) is 0 Å². The van der Waals surface area contributed by atoms with Crippen LogP contribution in [0.3, 0.4) is 0 Å². The Morgan fingerprint density at radius 2 is 1.67 bits per heavy atom. The quantitative estimate of drug-likeness (QED) is 0.676. The third kappa shape index (κ3) is 1.64. The van der Waals surface area contributed by atoms with Crippen LogP contribution in [0, 0.1) is 19.7 Å². The Morgan fingerprint density at radius 3 is 2.17 bits per heavy atom. The second-order valence-corrected chi connectivity index (χ2v) is 3.64. The van der Waals surface area contributed by atoms with Crippen molar-refractivity contribution < 1.29 is 12.8 Å². The second kappa shape index (κ2) is 3.23. The molecule has 0 aliphatic heterocycles. The molecular weight excluding hydrogens is 179 g/mol. The molecule has 0 atom stereocenters. The van der Waals surface area contributed by atoms with Crippen LogP contribution in [0.2, 0.25) is 0 Å². The van der Waals surface area contributed by atoms with E-state index in [1.54, 1.807) is 13.8 Å². The summed E-state index contributed by atoms with van der Waals surface area (Å²) in [7, 11) is -2.82. The van der Waals surface area contributed by atoms with E-state index in [9.17, 15) is 12.8 Å². The molecule has 4 heteroatoms.